The Balaban J connectivity index is 3.00. The Hall–Kier alpha value is 0.270. The van der Waals surface area contributed by atoms with Gasteiger partial charge in [0.05, 0.1) is 5.93 Å². The predicted octanol–water partition coefficient (Wildman–Crippen LogP) is 1.14. The van der Waals surface area contributed by atoms with E-state index in [0.717, 1.165) is 15.9 Å². The highest BCUT2D eigenvalue weighted by Crippen LogP contribution is 2.15. The van der Waals surface area contributed by atoms with Crippen LogP contribution in [0.3, 0.4) is 0 Å². The van der Waals surface area contributed by atoms with Gasteiger partial charge in [-0.2, -0.15) is 0 Å². The first-order valence-corrected chi connectivity index (χ1v) is 4.05. The molecule has 22 valence electrons. The topological polar surface area (TPSA) is 12.9 Å². The average Bonchev–Trinajstić information content (AvgIpc) is 0.722. The van der Waals surface area contributed by atoms with Gasteiger partial charge in [0, 0.05) is 0 Å². The Bertz CT molecular complexity index is 47.8. The fourth-order valence-corrected chi connectivity index (χ4v) is 0.581. The maximum atomic E-state index is 3.83. The summed E-state index contributed by atoms with van der Waals surface area (Å²) in [6.45, 7) is 0. The van der Waals surface area contributed by atoms with Crippen LogP contribution in [0.2, 0.25) is 0 Å². The lowest BCUT2D eigenvalue weighted by atomic mass is 11.7. The molecule has 1 aromatic rings. The van der Waals surface area contributed by atoms with Gasteiger partial charge in [-0.25, -0.2) is 4.75 Å². The molecular formula is CH3NP2. The van der Waals surface area contributed by atoms with E-state index in [9.17, 15) is 0 Å². The van der Waals surface area contributed by atoms with E-state index in [2.05, 4.69) is 4.75 Å². The highest BCUT2D eigenvalue weighted by molar-refractivity contribution is 7.89. The minimum Gasteiger partial charge on any atom is -0.241 e. The van der Waals surface area contributed by atoms with Gasteiger partial charge in [-0.1, -0.05) is 7.87 Å². The molecular weight excluding hydrogens is 88.0 g/mol. The first-order chi connectivity index (χ1) is 2.00. The Kier molecular flexibility index (Phi) is 0.579. The van der Waals surface area contributed by atoms with Gasteiger partial charge >= 0.3 is 0 Å². The second-order valence-electron chi connectivity index (χ2n) is 0.514. The van der Waals surface area contributed by atoms with Crippen LogP contribution in [-0.4, -0.2) is 4.75 Å². The zero-order valence-corrected chi connectivity index (χ0v) is 4.02. The van der Waals surface area contributed by atoms with Crippen LogP contribution in [0.5, 0.6) is 0 Å². The van der Waals surface area contributed by atoms with Crippen LogP contribution in [0, 0.1) is 0 Å². The largest absolute Gasteiger partial charge is 0.241 e. The van der Waals surface area contributed by atoms with E-state index in [1.165, 1.54) is 0 Å². The molecule has 0 saturated carbocycles. The Morgan fingerprint density at radius 1 is 1.75 bits per heavy atom. The van der Waals surface area contributed by atoms with Gasteiger partial charge < -0.3 is 0 Å². The van der Waals surface area contributed by atoms with E-state index in [1.54, 1.807) is 0 Å². The molecule has 1 aromatic heterocycles. The maximum absolute atomic E-state index is 3.83. The summed E-state index contributed by atoms with van der Waals surface area (Å²) < 4.78 is 3.83. The molecule has 4 heavy (non-hydrogen) atoms. The monoisotopic (exact) mass is 91.0 g/mol. The second-order valence-corrected chi connectivity index (χ2v) is 3.08. The van der Waals surface area contributed by atoms with Gasteiger partial charge in [0.2, 0.25) is 0 Å². The molecule has 0 bridgehead atoms. The molecule has 2 unspecified atom stereocenters. The van der Waals surface area contributed by atoms with Crippen molar-refractivity contribution in [3.8, 4) is 0 Å². The van der Waals surface area contributed by atoms with Gasteiger partial charge in [-0.3, -0.25) is 0 Å². The first-order valence-electron chi connectivity index (χ1n) is 1.02. The summed E-state index contributed by atoms with van der Waals surface area (Å²) in [5.74, 6) is 1.97. The second kappa shape index (κ2) is 0.924. The fourth-order valence-electron chi connectivity index (χ4n) is 0.0645. The van der Waals surface area contributed by atoms with E-state index >= 15 is 0 Å². The summed E-state index contributed by atoms with van der Waals surface area (Å²) in [4.78, 5) is 0. The molecule has 0 radical (unpaired) electrons. The summed E-state index contributed by atoms with van der Waals surface area (Å²) in [6.07, 6.45) is 0. The average molecular weight is 91.0 g/mol. The van der Waals surface area contributed by atoms with E-state index in [4.69, 9.17) is 0 Å². The van der Waals surface area contributed by atoms with Crippen LogP contribution in [0.1, 0.15) is 0 Å². The predicted molar refractivity (Wildman–Crippen MR) is 23.2 cm³/mol. The Morgan fingerprint density at radius 2 is 2.00 bits per heavy atom. The summed E-state index contributed by atoms with van der Waals surface area (Å²) >= 11 is 0. The van der Waals surface area contributed by atoms with Gasteiger partial charge in [-0.05, 0) is 8.03 Å². The highest BCUT2D eigenvalue weighted by Gasteiger charge is 1.56. The maximum Gasteiger partial charge on any atom is 0.0519 e. The van der Waals surface area contributed by atoms with Crippen molar-refractivity contribution in [1.29, 1.82) is 0 Å². The van der Waals surface area contributed by atoms with Crippen LogP contribution in [0.4, 0.5) is 0 Å². The molecule has 0 fully saturated rings. The molecule has 0 spiro atoms. The minimum absolute atomic E-state index is 0.918. The smallest absolute Gasteiger partial charge is 0.0519 e. The molecule has 0 aliphatic rings. The SMILES string of the molecule is c1n[pH][pH]1. The number of nitrogens with zero attached hydrogens (tertiary/aromatic N) is 1. The van der Waals surface area contributed by atoms with E-state index < -0.39 is 0 Å². The molecule has 0 saturated heterocycles. The van der Waals surface area contributed by atoms with Crippen molar-refractivity contribution >= 4 is 15.9 Å². The van der Waals surface area contributed by atoms with E-state index in [1.807, 2.05) is 5.93 Å². The van der Waals surface area contributed by atoms with Crippen molar-refractivity contribution in [1.82, 2.24) is 4.75 Å². The van der Waals surface area contributed by atoms with Gasteiger partial charge in [-0.15, -0.1) is 0 Å². The van der Waals surface area contributed by atoms with Crippen LogP contribution >= 0.6 is 15.9 Å². The van der Waals surface area contributed by atoms with E-state index in [-0.39, 0.29) is 0 Å². The van der Waals surface area contributed by atoms with Crippen molar-refractivity contribution in [2.75, 3.05) is 0 Å². The molecule has 0 aromatic carbocycles. The Morgan fingerprint density at radius 3 is 2.00 bits per heavy atom. The van der Waals surface area contributed by atoms with Crippen molar-refractivity contribution < 1.29 is 0 Å². The lowest BCUT2D eigenvalue weighted by Gasteiger charge is -1.71. The molecule has 1 rings (SSSR count). The lowest BCUT2D eigenvalue weighted by Crippen LogP contribution is -1.39. The third kappa shape index (κ3) is 0.201. The number of hydrogen-bond acceptors (Lipinski definition) is 1. The summed E-state index contributed by atoms with van der Waals surface area (Å²) in [6, 6.07) is 0. The van der Waals surface area contributed by atoms with Gasteiger partial charge in [0.15, 0.2) is 0 Å². The zero-order chi connectivity index (χ0) is 2.83. The summed E-state index contributed by atoms with van der Waals surface area (Å²) in [7, 11) is 1.98. The highest BCUT2D eigenvalue weighted by atomic mass is 31.8. The molecule has 0 N–H and O–H groups in total. The number of rotatable bonds is 0. The van der Waals surface area contributed by atoms with Crippen molar-refractivity contribution in [2.24, 2.45) is 0 Å². The van der Waals surface area contributed by atoms with Crippen molar-refractivity contribution in [3.63, 3.8) is 0 Å². The summed E-state index contributed by atoms with van der Waals surface area (Å²) in [5.41, 5.74) is 0. The van der Waals surface area contributed by atoms with Crippen LogP contribution in [0.15, 0.2) is 5.93 Å². The molecule has 1 nitrogen and oxygen atoms in total. The summed E-state index contributed by atoms with van der Waals surface area (Å²) in [5, 5.41) is 0. The third-order valence-electron chi connectivity index (χ3n) is 0.258. The lowest BCUT2D eigenvalue weighted by molar-refractivity contribution is 1.63. The number of hydrogen-bond donors (Lipinski definition) is 0. The van der Waals surface area contributed by atoms with Crippen LogP contribution in [-0.2, 0) is 0 Å². The van der Waals surface area contributed by atoms with Gasteiger partial charge in [0.1, 0.15) is 0 Å². The first kappa shape index (κ1) is 2.50. The van der Waals surface area contributed by atoms with Crippen LogP contribution < -0.4 is 0 Å². The molecule has 2 atom stereocenters. The van der Waals surface area contributed by atoms with Gasteiger partial charge in [0.25, 0.3) is 0 Å². The van der Waals surface area contributed by atoms with Crippen molar-refractivity contribution in [3.05, 3.63) is 5.93 Å². The third-order valence-corrected chi connectivity index (χ3v) is 2.32. The number of aromatic nitrogens is 1. The van der Waals surface area contributed by atoms with Crippen LogP contribution in [0.25, 0.3) is 0 Å². The molecule has 0 aliphatic carbocycles. The standard InChI is InChI=1S/CH3NP2/c1-2-4-3-1/h1,3-4H. The Labute approximate surface area is 27.6 Å². The normalized spacial score (nSPS) is 12.0. The van der Waals surface area contributed by atoms with Crippen molar-refractivity contribution in [2.45, 2.75) is 0 Å². The molecule has 3 heteroatoms. The quantitative estimate of drug-likeness (QED) is 0.466. The molecule has 0 aliphatic heterocycles. The van der Waals surface area contributed by atoms with E-state index in [0.29, 0.717) is 0 Å². The molecule has 1 heterocycles. The fraction of sp³-hybridized carbons (Fsp3) is 0. The molecule has 0 amide bonds. The zero-order valence-electron chi connectivity index (χ0n) is 2.02. The minimum atomic E-state index is 0.918.